The van der Waals surface area contributed by atoms with E-state index in [1.165, 1.54) is 354 Å². The minimum Gasteiger partial charge on any atom is -0.478 e. The number of aliphatic hydroxyl groups is 7. The van der Waals surface area contributed by atoms with Gasteiger partial charge in [0.05, 0.1) is 46.2 Å². The van der Waals surface area contributed by atoms with E-state index in [-0.39, 0.29) is 179 Å². The van der Waals surface area contributed by atoms with Crippen molar-refractivity contribution in [1.82, 2.24) is 0 Å². The average Bonchev–Trinajstić information content (AvgIpc) is 1.69. The predicted molar refractivity (Wildman–Crippen MR) is 611 cm³/mol. The van der Waals surface area contributed by atoms with Crippen molar-refractivity contribution in [2.45, 2.75) is 583 Å². The van der Waals surface area contributed by atoms with Crippen LogP contribution in [0.3, 0.4) is 0 Å². The highest BCUT2D eigenvalue weighted by molar-refractivity contribution is 5.79. The van der Waals surface area contributed by atoms with Gasteiger partial charge in [-0.15, -0.1) is 0 Å². The zero-order chi connectivity index (χ0) is 105. The Hall–Kier alpha value is -6.11. The van der Waals surface area contributed by atoms with Gasteiger partial charge in [0.1, 0.15) is 89.3 Å². The van der Waals surface area contributed by atoms with Gasteiger partial charge in [0.25, 0.3) is 0 Å². The van der Waals surface area contributed by atoms with Gasteiger partial charge in [-0.3, -0.25) is 24.0 Å². The van der Waals surface area contributed by atoms with Crippen LogP contribution < -0.4 is 0 Å². The maximum Gasteiger partial charge on any atom is 0.305 e. The fraction of sp³-hybridized carbons (Fsp3) is 0.908. The monoisotopic (exact) mass is 2110 g/mol. The third kappa shape index (κ3) is 79.8. The Balaban J connectivity index is -0.000000602. The van der Waals surface area contributed by atoms with Crippen molar-refractivity contribution in [2.24, 2.45) is 30.0 Å². The lowest BCUT2D eigenvalue weighted by Gasteiger charge is -2.23. The predicted octanol–water partition coefficient (Wildman–Crippen LogP) is 27.5. The molecule has 0 saturated carbocycles. The normalized spacial score (nSPS) is 16.1. The molecular weight excluding hydrogens is 1880 g/mol. The Bertz CT molecular complexity index is 3130. The van der Waals surface area contributed by atoms with Gasteiger partial charge >= 0.3 is 29.8 Å². The molecule has 6 heterocycles. The summed E-state index contributed by atoms with van der Waals surface area (Å²) in [6.07, 6.45) is 83.6. The molecule has 29 nitrogen and oxygen atoms in total. The Morgan fingerprint density at radius 1 is 0.216 bits per heavy atom. The quantitative estimate of drug-likeness (QED) is 0.0169. The molecule has 6 rings (SSSR count). The van der Waals surface area contributed by atoms with Gasteiger partial charge < -0.3 is 87.9 Å². The Kier molecular flexibility index (Phi) is 102. The van der Waals surface area contributed by atoms with Crippen molar-refractivity contribution in [2.75, 3.05) is 119 Å². The summed E-state index contributed by atoms with van der Waals surface area (Å²) in [5.74, 6) is 2.20. The SMILES string of the molecule is C.C.C.C.C.CC1=NC(CO)(CO)CO1.CC1=NC(CO)(CO)CO1.CC1=NC(CO)(CO)CO1.CCCCCCCCCCCC(=O)OCC1(COC(=O)CCCCCCCCCCC)COC(C)=N1.CCCCCCCCCCCCCCCCCC(=O)OCC1(COC(=O)CCCCCCCCCCCCCCCCC)COC(C)=N1.CCCCCCCCCCCCCCCCCC1=NC(CO)(COC(C)=O)CO1. The molecule has 6 aliphatic rings. The lowest BCUT2D eigenvalue weighted by atomic mass is 10.0. The van der Waals surface area contributed by atoms with E-state index in [1.54, 1.807) is 34.6 Å². The van der Waals surface area contributed by atoms with Crippen LogP contribution in [0.4, 0.5) is 0 Å². The van der Waals surface area contributed by atoms with E-state index in [9.17, 15) is 29.1 Å². The number of aliphatic imine (C=N–C) groups is 6. The number of esters is 5. The Morgan fingerprint density at radius 2 is 0.372 bits per heavy atom. The molecule has 0 spiro atoms. The number of ether oxygens (including phenoxy) is 11. The zero-order valence-electron chi connectivity index (χ0n) is 92.7. The first-order valence-corrected chi connectivity index (χ1v) is 57.5. The van der Waals surface area contributed by atoms with Crippen molar-refractivity contribution in [1.29, 1.82) is 0 Å². The smallest absolute Gasteiger partial charge is 0.305 e. The van der Waals surface area contributed by atoms with E-state index in [4.69, 9.17) is 82.7 Å². The van der Waals surface area contributed by atoms with E-state index in [0.717, 1.165) is 64.2 Å². The van der Waals surface area contributed by atoms with Crippen LogP contribution in [0, 0.1) is 0 Å². The number of hydrogen-bond donors (Lipinski definition) is 7. The molecule has 0 bridgehead atoms. The average molecular weight is 2120 g/mol. The summed E-state index contributed by atoms with van der Waals surface area (Å²) in [6, 6.07) is 0. The first-order chi connectivity index (χ1) is 69.3. The van der Waals surface area contributed by atoms with Crippen LogP contribution in [-0.4, -0.2) is 253 Å². The highest BCUT2D eigenvalue weighted by Gasteiger charge is 2.42. The van der Waals surface area contributed by atoms with Gasteiger partial charge in [0.2, 0.25) is 0 Å². The molecule has 0 radical (unpaired) electrons. The van der Waals surface area contributed by atoms with E-state index < -0.39 is 33.2 Å². The van der Waals surface area contributed by atoms with Crippen molar-refractivity contribution in [3.8, 4) is 0 Å². The summed E-state index contributed by atoms with van der Waals surface area (Å²) in [7, 11) is 0. The maximum absolute atomic E-state index is 12.4. The van der Waals surface area contributed by atoms with Crippen LogP contribution in [0.1, 0.15) is 550 Å². The molecule has 29 heteroatoms. The summed E-state index contributed by atoms with van der Waals surface area (Å²) < 4.78 is 58.9. The maximum atomic E-state index is 12.4. The molecular formula is C119H232N6O23. The third-order valence-electron chi connectivity index (χ3n) is 27.1. The molecule has 6 aliphatic heterocycles. The fourth-order valence-corrected chi connectivity index (χ4v) is 17.5. The Morgan fingerprint density at radius 3 is 0.527 bits per heavy atom. The minimum absolute atomic E-state index is 0. The van der Waals surface area contributed by atoms with Crippen molar-refractivity contribution >= 4 is 65.2 Å². The number of carbonyl (C=O) groups is 5. The molecule has 0 aromatic carbocycles. The van der Waals surface area contributed by atoms with Gasteiger partial charge in [0, 0.05) is 73.6 Å². The van der Waals surface area contributed by atoms with Crippen molar-refractivity contribution in [3.05, 3.63) is 0 Å². The zero-order valence-corrected chi connectivity index (χ0v) is 92.7. The number of rotatable bonds is 85. The second kappa shape index (κ2) is 100. The van der Waals surface area contributed by atoms with Crippen molar-refractivity contribution in [3.63, 3.8) is 0 Å². The van der Waals surface area contributed by atoms with Gasteiger partial charge in [0.15, 0.2) is 52.0 Å². The molecule has 0 saturated heterocycles. The van der Waals surface area contributed by atoms with Crippen LogP contribution in [-0.2, 0) is 76.1 Å². The summed E-state index contributed by atoms with van der Waals surface area (Å²) in [5.41, 5.74) is -4.75. The number of carbonyl (C=O) groups excluding carboxylic acids is 5. The number of hydrogen-bond acceptors (Lipinski definition) is 29. The first-order valence-electron chi connectivity index (χ1n) is 57.5. The minimum atomic E-state index is -0.820. The fourth-order valence-electron chi connectivity index (χ4n) is 17.5. The second-order valence-electron chi connectivity index (χ2n) is 41.5. The van der Waals surface area contributed by atoms with E-state index in [0.29, 0.717) is 67.7 Å². The summed E-state index contributed by atoms with van der Waals surface area (Å²) in [6.45, 7) is 22.3. The van der Waals surface area contributed by atoms with Crippen molar-refractivity contribution < 1.29 is 112 Å². The molecule has 0 aliphatic carbocycles. The molecule has 0 amide bonds. The standard InChI is InChI=1S/C42H79NO5.C30H55NO5.C24H45NO4.3C6H11NO3.5CH4/c1-4-6-8-10-12-14-16-18-20-22-24-26-28-30-32-34-40(44)47-37-42(36-46-39(3)43-42)38-48-41(45)35-33-31-29-27-25-23-21-19-17-15-13-11-9-7-5-2;1-4-6-8-10-12-14-16-18-20-22-28(32)35-25-30(24-34-27(3)31-30)26-36-29(33)23-21-19-17-15-13-11-9-7-5-2;1-3-4-5-6-7-8-9-10-11-12-13-14-15-16-17-18-23-25-24(19-26,21-29-23)20-28-22(2)27;3*1-5-7-6(2-8,3-9)4-10-5;;;;;/h4-38H2,1-3H3;4-26H2,1-3H3;26H,3-21H2,1-2H3;3*8-9H,2-4H2,1H3;5*1H4. The van der Waals surface area contributed by atoms with Crippen LogP contribution in [0.2, 0.25) is 0 Å². The highest BCUT2D eigenvalue weighted by atomic mass is 16.6. The summed E-state index contributed by atoms with van der Waals surface area (Å²) >= 11 is 0. The van der Waals surface area contributed by atoms with Gasteiger partial charge in [-0.1, -0.05) is 444 Å². The molecule has 0 fully saturated rings. The lowest BCUT2D eigenvalue weighted by molar-refractivity contribution is -0.152. The largest absolute Gasteiger partial charge is 0.478 e. The molecule has 0 aromatic rings. The molecule has 1 atom stereocenters. The number of nitrogens with zero attached hydrogens (tertiary/aromatic N) is 6. The van der Waals surface area contributed by atoms with E-state index in [2.05, 4.69) is 64.6 Å². The van der Waals surface area contributed by atoms with E-state index in [1.807, 2.05) is 0 Å². The molecule has 7 N–H and O–H groups in total. The summed E-state index contributed by atoms with van der Waals surface area (Å²) in [4.78, 5) is 85.8. The van der Waals surface area contributed by atoms with E-state index >= 15 is 0 Å². The molecule has 148 heavy (non-hydrogen) atoms. The topological polar surface area (TPSA) is 403 Å². The van der Waals surface area contributed by atoms with Gasteiger partial charge in [-0.25, -0.2) is 30.0 Å². The summed E-state index contributed by atoms with van der Waals surface area (Å²) in [5, 5.41) is 62.3. The first kappa shape index (κ1) is 150. The molecule has 0 aromatic heterocycles. The van der Waals surface area contributed by atoms with Crippen LogP contribution >= 0.6 is 0 Å². The van der Waals surface area contributed by atoms with Crippen LogP contribution in [0.25, 0.3) is 0 Å². The molecule has 876 valence electrons. The number of unbranched alkanes of at least 4 members (excludes halogenated alkanes) is 58. The van der Waals surface area contributed by atoms with Crippen LogP contribution in [0.15, 0.2) is 30.0 Å². The number of aliphatic hydroxyl groups excluding tert-OH is 7. The molecule has 1 unspecified atom stereocenters. The highest BCUT2D eigenvalue weighted by Crippen LogP contribution is 2.29. The van der Waals surface area contributed by atoms with Gasteiger partial charge in [-0.2, -0.15) is 0 Å². The Labute approximate surface area is 904 Å². The third-order valence-corrected chi connectivity index (χ3v) is 27.1. The second-order valence-corrected chi connectivity index (χ2v) is 41.5. The van der Waals surface area contributed by atoms with Crippen LogP contribution in [0.5, 0.6) is 0 Å². The lowest BCUT2D eigenvalue weighted by Crippen LogP contribution is -2.41. The van der Waals surface area contributed by atoms with Gasteiger partial charge in [-0.05, 0) is 32.1 Å².